The number of amides is 2. The third-order valence-corrected chi connectivity index (χ3v) is 2.92. The van der Waals surface area contributed by atoms with Gasteiger partial charge in [-0.05, 0) is 24.6 Å². The van der Waals surface area contributed by atoms with E-state index < -0.39 is 23.7 Å². The smallest absolute Gasteiger partial charge is 0.249 e. The van der Waals surface area contributed by atoms with Gasteiger partial charge < -0.3 is 10.6 Å². The zero-order valence-corrected chi connectivity index (χ0v) is 9.94. The van der Waals surface area contributed by atoms with E-state index in [1.165, 1.54) is 17.0 Å². The van der Waals surface area contributed by atoms with Gasteiger partial charge in [0.1, 0.15) is 11.9 Å². The largest absolute Gasteiger partial charge is 0.399 e. The van der Waals surface area contributed by atoms with Crippen molar-refractivity contribution in [3.8, 4) is 0 Å². The Balaban J connectivity index is 2.39. The number of hydrogen-bond acceptors (Lipinski definition) is 4. The van der Waals surface area contributed by atoms with Gasteiger partial charge in [0.25, 0.3) is 0 Å². The standard InChI is InChI=1S/C12H14FN3O2/c1-2-9-12(18)15-11(17)6-16(9)10-4-3-7(14)5-8(10)13/h3-5,9H,2,6,14H2,1H3,(H,15,17,18). The Morgan fingerprint density at radius 3 is 2.83 bits per heavy atom. The molecule has 1 saturated heterocycles. The first-order chi connectivity index (χ1) is 8.52. The first kappa shape index (κ1) is 12.3. The van der Waals surface area contributed by atoms with Gasteiger partial charge in [-0.3, -0.25) is 14.9 Å². The number of carbonyl (C=O) groups is 2. The fourth-order valence-electron chi connectivity index (χ4n) is 2.08. The summed E-state index contributed by atoms with van der Waals surface area (Å²) in [5.41, 5.74) is 6.00. The Hall–Kier alpha value is -2.11. The van der Waals surface area contributed by atoms with Gasteiger partial charge in [0.05, 0.1) is 12.2 Å². The fourth-order valence-corrected chi connectivity index (χ4v) is 2.08. The van der Waals surface area contributed by atoms with Crippen LogP contribution in [0.4, 0.5) is 15.8 Å². The van der Waals surface area contributed by atoms with Crippen molar-refractivity contribution in [2.24, 2.45) is 0 Å². The lowest BCUT2D eigenvalue weighted by atomic mass is 10.1. The van der Waals surface area contributed by atoms with Crippen LogP contribution in [0, 0.1) is 5.82 Å². The third kappa shape index (κ3) is 2.13. The van der Waals surface area contributed by atoms with E-state index >= 15 is 0 Å². The minimum Gasteiger partial charge on any atom is -0.399 e. The first-order valence-corrected chi connectivity index (χ1v) is 5.68. The van der Waals surface area contributed by atoms with E-state index in [-0.39, 0.29) is 12.2 Å². The number of hydrogen-bond donors (Lipinski definition) is 2. The zero-order chi connectivity index (χ0) is 13.3. The predicted molar refractivity (Wildman–Crippen MR) is 65.4 cm³/mol. The highest BCUT2D eigenvalue weighted by Crippen LogP contribution is 2.25. The molecule has 0 spiro atoms. The van der Waals surface area contributed by atoms with Crippen LogP contribution in [0.3, 0.4) is 0 Å². The molecule has 0 radical (unpaired) electrons. The minimum atomic E-state index is -0.541. The molecular formula is C12H14FN3O2. The SMILES string of the molecule is CCC1C(=O)NC(=O)CN1c1ccc(N)cc1F. The van der Waals surface area contributed by atoms with Gasteiger partial charge in [0, 0.05) is 5.69 Å². The number of nitrogens with one attached hydrogen (secondary N) is 1. The van der Waals surface area contributed by atoms with Crippen LogP contribution in [0.15, 0.2) is 18.2 Å². The molecule has 1 fully saturated rings. The number of halogens is 1. The molecular weight excluding hydrogens is 237 g/mol. The maximum atomic E-state index is 13.8. The number of nitrogens with two attached hydrogens (primary N) is 1. The number of nitrogen functional groups attached to an aromatic ring is 1. The number of anilines is 2. The van der Waals surface area contributed by atoms with E-state index in [1.807, 2.05) is 6.92 Å². The van der Waals surface area contributed by atoms with Crippen LogP contribution in [0.2, 0.25) is 0 Å². The van der Waals surface area contributed by atoms with Crippen LogP contribution >= 0.6 is 0 Å². The molecule has 1 heterocycles. The molecule has 5 nitrogen and oxygen atoms in total. The molecule has 6 heteroatoms. The van der Waals surface area contributed by atoms with Crippen molar-refractivity contribution in [3.63, 3.8) is 0 Å². The van der Waals surface area contributed by atoms with Gasteiger partial charge in [0.2, 0.25) is 11.8 Å². The summed E-state index contributed by atoms with van der Waals surface area (Å²) in [5, 5.41) is 2.24. The van der Waals surface area contributed by atoms with Crippen LogP contribution in [0.5, 0.6) is 0 Å². The molecule has 0 saturated carbocycles. The van der Waals surface area contributed by atoms with Gasteiger partial charge in [-0.2, -0.15) is 0 Å². The van der Waals surface area contributed by atoms with Gasteiger partial charge in [-0.15, -0.1) is 0 Å². The lowest BCUT2D eigenvalue weighted by Gasteiger charge is -2.35. The molecule has 96 valence electrons. The average molecular weight is 251 g/mol. The maximum Gasteiger partial charge on any atom is 0.249 e. The first-order valence-electron chi connectivity index (χ1n) is 5.68. The summed E-state index contributed by atoms with van der Waals surface area (Å²) in [6.07, 6.45) is 0.489. The molecule has 1 aromatic rings. The second-order valence-corrected chi connectivity index (χ2v) is 4.18. The second-order valence-electron chi connectivity index (χ2n) is 4.18. The topological polar surface area (TPSA) is 75.4 Å². The van der Waals surface area contributed by atoms with Gasteiger partial charge in [0.15, 0.2) is 0 Å². The lowest BCUT2D eigenvalue weighted by molar-refractivity contribution is -0.132. The van der Waals surface area contributed by atoms with E-state index in [4.69, 9.17) is 5.73 Å². The Morgan fingerprint density at radius 2 is 2.22 bits per heavy atom. The summed E-state index contributed by atoms with van der Waals surface area (Å²) in [4.78, 5) is 24.5. The van der Waals surface area contributed by atoms with Gasteiger partial charge in [-0.1, -0.05) is 6.92 Å². The summed E-state index contributed by atoms with van der Waals surface area (Å²) in [6.45, 7) is 1.77. The van der Waals surface area contributed by atoms with Gasteiger partial charge in [-0.25, -0.2) is 4.39 Å². The van der Waals surface area contributed by atoms with E-state index in [1.54, 1.807) is 6.07 Å². The van der Waals surface area contributed by atoms with Crippen molar-refractivity contribution in [2.45, 2.75) is 19.4 Å². The quantitative estimate of drug-likeness (QED) is 0.597. The Labute approximate surface area is 104 Å². The van der Waals surface area contributed by atoms with Crippen molar-refractivity contribution in [1.82, 2.24) is 5.32 Å². The molecule has 0 aliphatic carbocycles. The number of benzene rings is 1. The molecule has 1 unspecified atom stereocenters. The molecule has 0 bridgehead atoms. The van der Waals surface area contributed by atoms with Gasteiger partial charge >= 0.3 is 0 Å². The van der Waals surface area contributed by atoms with Crippen LogP contribution in [0.1, 0.15) is 13.3 Å². The Bertz CT molecular complexity index is 504. The van der Waals surface area contributed by atoms with Crippen LogP contribution in [-0.4, -0.2) is 24.4 Å². The van der Waals surface area contributed by atoms with Crippen LogP contribution < -0.4 is 16.0 Å². The van der Waals surface area contributed by atoms with E-state index in [0.29, 0.717) is 12.1 Å². The maximum absolute atomic E-state index is 13.8. The van der Waals surface area contributed by atoms with Crippen molar-refractivity contribution in [1.29, 1.82) is 0 Å². The highest BCUT2D eigenvalue weighted by molar-refractivity contribution is 6.04. The summed E-state index contributed by atoms with van der Waals surface area (Å²) in [5.74, 6) is -1.36. The molecule has 1 aromatic carbocycles. The highest BCUT2D eigenvalue weighted by Gasteiger charge is 2.33. The zero-order valence-electron chi connectivity index (χ0n) is 9.94. The van der Waals surface area contributed by atoms with Crippen molar-refractivity contribution in [3.05, 3.63) is 24.0 Å². The molecule has 18 heavy (non-hydrogen) atoms. The highest BCUT2D eigenvalue weighted by atomic mass is 19.1. The summed E-state index contributed by atoms with van der Waals surface area (Å²) < 4.78 is 13.8. The van der Waals surface area contributed by atoms with Crippen molar-refractivity contribution < 1.29 is 14.0 Å². The number of carbonyl (C=O) groups excluding carboxylic acids is 2. The summed E-state index contributed by atoms with van der Waals surface area (Å²) in [7, 11) is 0. The minimum absolute atomic E-state index is 0.0366. The predicted octanol–water partition coefficient (Wildman–Crippen LogP) is 0.649. The van der Waals surface area contributed by atoms with Crippen molar-refractivity contribution >= 4 is 23.2 Å². The molecule has 1 aliphatic rings. The monoisotopic (exact) mass is 251 g/mol. The Kier molecular flexibility index (Phi) is 3.18. The normalized spacial score (nSPS) is 19.9. The average Bonchev–Trinajstić information content (AvgIpc) is 2.28. The number of nitrogens with zero attached hydrogens (tertiary/aromatic N) is 1. The molecule has 1 aliphatic heterocycles. The summed E-state index contributed by atoms with van der Waals surface area (Å²) in [6, 6.07) is 3.67. The molecule has 2 amide bonds. The lowest BCUT2D eigenvalue weighted by Crippen LogP contribution is -2.58. The molecule has 3 N–H and O–H groups in total. The van der Waals surface area contributed by atoms with E-state index in [2.05, 4.69) is 5.32 Å². The van der Waals surface area contributed by atoms with Crippen molar-refractivity contribution in [2.75, 3.05) is 17.2 Å². The second kappa shape index (κ2) is 4.64. The van der Waals surface area contributed by atoms with E-state index in [9.17, 15) is 14.0 Å². The number of piperazine rings is 1. The molecule has 0 aromatic heterocycles. The van der Waals surface area contributed by atoms with Crippen LogP contribution in [-0.2, 0) is 9.59 Å². The molecule has 1 atom stereocenters. The fraction of sp³-hybridized carbons (Fsp3) is 0.333. The number of imide groups is 1. The van der Waals surface area contributed by atoms with Crippen LogP contribution in [0.25, 0.3) is 0 Å². The third-order valence-electron chi connectivity index (χ3n) is 2.92. The Morgan fingerprint density at radius 1 is 1.50 bits per heavy atom. The van der Waals surface area contributed by atoms with E-state index in [0.717, 1.165) is 0 Å². The summed E-state index contributed by atoms with van der Waals surface area (Å²) >= 11 is 0. The molecule has 2 rings (SSSR count). The number of rotatable bonds is 2.